The van der Waals surface area contributed by atoms with Gasteiger partial charge in [-0.15, -0.1) is 11.3 Å². The largest absolute Gasteiger partial charge is 0.326 e. The molecule has 0 atom stereocenters. The fourth-order valence-corrected chi connectivity index (χ4v) is 3.74. The van der Waals surface area contributed by atoms with Crippen LogP contribution in [0.5, 0.6) is 0 Å². The van der Waals surface area contributed by atoms with Gasteiger partial charge in [0.2, 0.25) is 0 Å². The lowest BCUT2D eigenvalue weighted by atomic mass is 10.1. The predicted molar refractivity (Wildman–Crippen MR) is 101 cm³/mol. The number of nitrogens with zero attached hydrogens (tertiary/aromatic N) is 2. The van der Waals surface area contributed by atoms with E-state index in [4.69, 9.17) is 10.7 Å². The molecule has 4 rings (SSSR count). The summed E-state index contributed by atoms with van der Waals surface area (Å²) in [5, 5.41) is 2.16. The van der Waals surface area contributed by atoms with Gasteiger partial charge >= 0.3 is 0 Å². The second-order valence-electron chi connectivity index (χ2n) is 5.85. The van der Waals surface area contributed by atoms with Crippen LogP contribution in [0.4, 0.5) is 0 Å². The molecule has 2 aromatic heterocycles. The van der Waals surface area contributed by atoms with Crippen molar-refractivity contribution in [3.63, 3.8) is 0 Å². The summed E-state index contributed by atoms with van der Waals surface area (Å²) in [5.74, 6) is 0. The van der Waals surface area contributed by atoms with E-state index in [0.29, 0.717) is 6.54 Å². The van der Waals surface area contributed by atoms with Crippen LogP contribution in [0.15, 0.2) is 60.1 Å². The van der Waals surface area contributed by atoms with Gasteiger partial charge in [-0.1, -0.05) is 55.5 Å². The normalized spacial score (nSPS) is 11.2. The summed E-state index contributed by atoms with van der Waals surface area (Å²) in [5.41, 5.74) is 12.7. The summed E-state index contributed by atoms with van der Waals surface area (Å²) in [7, 11) is 0. The minimum absolute atomic E-state index is 0.572. The third-order valence-corrected chi connectivity index (χ3v) is 5.19. The molecule has 0 unspecified atom stereocenters. The van der Waals surface area contributed by atoms with Crippen molar-refractivity contribution in [2.45, 2.75) is 19.9 Å². The molecule has 24 heavy (non-hydrogen) atoms. The van der Waals surface area contributed by atoms with E-state index in [0.717, 1.165) is 28.2 Å². The number of aromatic nitrogens is 2. The van der Waals surface area contributed by atoms with E-state index in [1.807, 2.05) is 0 Å². The molecule has 0 saturated carbocycles. The Bertz CT molecular complexity index is 962. The van der Waals surface area contributed by atoms with Crippen LogP contribution in [0.3, 0.4) is 0 Å². The third kappa shape index (κ3) is 2.64. The van der Waals surface area contributed by atoms with Crippen molar-refractivity contribution in [2.24, 2.45) is 5.73 Å². The standard InChI is InChI=1S/C20H19N3S/c1-2-14-3-7-16(8-4-14)18-12-23-19(13-24-20(23)22-18)17-9-5-15(11-21)6-10-17/h3-10,12-13H,2,11,21H2,1H3. The molecule has 2 N–H and O–H groups in total. The van der Waals surface area contributed by atoms with Crippen molar-refractivity contribution in [2.75, 3.05) is 0 Å². The molecule has 0 aliphatic rings. The maximum Gasteiger partial charge on any atom is 0.194 e. The van der Waals surface area contributed by atoms with Crippen LogP contribution in [0, 0.1) is 0 Å². The van der Waals surface area contributed by atoms with Crippen LogP contribution in [0.1, 0.15) is 18.1 Å². The van der Waals surface area contributed by atoms with Gasteiger partial charge in [0.1, 0.15) is 0 Å². The van der Waals surface area contributed by atoms with Gasteiger partial charge in [-0.05, 0) is 23.1 Å². The maximum atomic E-state index is 5.68. The van der Waals surface area contributed by atoms with Crippen molar-refractivity contribution in [3.8, 4) is 22.5 Å². The lowest BCUT2D eigenvalue weighted by Crippen LogP contribution is -1.95. The summed E-state index contributed by atoms with van der Waals surface area (Å²) in [6.07, 6.45) is 3.18. The zero-order valence-electron chi connectivity index (χ0n) is 13.6. The SMILES string of the molecule is CCc1ccc(-c2cn3c(-c4ccc(CN)cc4)csc3n2)cc1. The molecule has 0 amide bonds. The monoisotopic (exact) mass is 333 g/mol. The number of hydrogen-bond donors (Lipinski definition) is 1. The molecule has 0 fully saturated rings. The van der Waals surface area contributed by atoms with Gasteiger partial charge in [0.25, 0.3) is 0 Å². The predicted octanol–water partition coefficient (Wildman–Crippen LogP) is 4.75. The first-order valence-corrected chi connectivity index (χ1v) is 9.01. The van der Waals surface area contributed by atoms with Crippen molar-refractivity contribution in [3.05, 3.63) is 71.2 Å². The Morgan fingerprint density at radius 2 is 1.62 bits per heavy atom. The van der Waals surface area contributed by atoms with Crippen LogP contribution in [0.2, 0.25) is 0 Å². The quantitative estimate of drug-likeness (QED) is 0.585. The first-order valence-electron chi connectivity index (χ1n) is 8.13. The van der Waals surface area contributed by atoms with Gasteiger partial charge in [0, 0.05) is 23.7 Å². The van der Waals surface area contributed by atoms with Crippen molar-refractivity contribution < 1.29 is 0 Å². The molecular weight excluding hydrogens is 314 g/mol. The lowest BCUT2D eigenvalue weighted by molar-refractivity contribution is 1.07. The van der Waals surface area contributed by atoms with Crippen LogP contribution < -0.4 is 5.73 Å². The molecule has 0 saturated heterocycles. The average molecular weight is 333 g/mol. The Morgan fingerprint density at radius 3 is 2.29 bits per heavy atom. The minimum atomic E-state index is 0.572. The second-order valence-corrected chi connectivity index (χ2v) is 6.69. The van der Waals surface area contributed by atoms with Gasteiger partial charge in [0.15, 0.2) is 4.96 Å². The van der Waals surface area contributed by atoms with E-state index in [9.17, 15) is 0 Å². The van der Waals surface area contributed by atoms with Gasteiger partial charge in [-0.2, -0.15) is 0 Å². The summed E-state index contributed by atoms with van der Waals surface area (Å²) >= 11 is 1.67. The number of nitrogens with two attached hydrogens (primary N) is 1. The highest BCUT2D eigenvalue weighted by molar-refractivity contribution is 7.15. The van der Waals surface area contributed by atoms with E-state index in [1.54, 1.807) is 11.3 Å². The van der Waals surface area contributed by atoms with E-state index in [2.05, 4.69) is 71.4 Å². The van der Waals surface area contributed by atoms with Crippen molar-refractivity contribution >= 4 is 16.3 Å². The zero-order chi connectivity index (χ0) is 16.5. The van der Waals surface area contributed by atoms with Crippen molar-refractivity contribution in [1.29, 1.82) is 0 Å². The summed E-state index contributed by atoms with van der Waals surface area (Å²) in [6.45, 7) is 2.74. The number of benzene rings is 2. The first-order chi connectivity index (χ1) is 11.8. The molecule has 0 aliphatic heterocycles. The average Bonchev–Trinajstić information content (AvgIpc) is 3.22. The fourth-order valence-electron chi connectivity index (χ4n) is 2.85. The number of rotatable bonds is 4. The number of aryl methyl sites for hydroxylation is 1. The molecule has 0 spiro atoms. The van der Waals surface area contributed by atoms with Crippen LogP contribution >= 0.6 is 11.3 Å². The number of imidazole rings is 1. The highest BCUT2D eigenvalue weighted by Crippen LogP contribution is 2.29. The molecule has 2 heterocycles. The number of thiazole rings is 1. The van der Waals surface area contributed by atoms with E-state index in [-0.39, 0.29) is 0 Å². The summed E-state index contributed by atoms with van der Waals surface area (Å²) in [6, 6.07) is 17.1. The van der Waals surface area contributed by atoms with E-state index >= 15 is 0 Å². The number of fused-ring (bicyclic) bond motifs is 1. The van der Waals surface area contributed by atoms with Crippen LogP contribution in [0.25, 0.3) is 27.5 Å². The number of hydrogen-bond acceptors (Lipinski definition) is 3. The molecule has 4 aromatic rings. The van der Waals surface area contributed by atoms with E-state index < -0.39 is 0 Å². The Kier molecular flexibility index (Phi) is 3.92. The van der Waals surface area contributed by atoms with Gasteiger partial charge in [-0.25, -0.2) is 4.98 Å². The zero-order valence-corrected chi connectivity index (χ0v) is 14.4. The van der Waals surface area contributed by atoms with Gasteiger partial charge in [-0.3, -0.25) is 4.40 Å². The Balaban J connectivity index is 1.74. The molecule has 0 bridgehead atoms. The van der Waals surface area contributed by atoms with Gasteiger partial charge in [0.05, 0.1) is 11.4 Å². The Hall–Kier alpha value is -2.43. The van der Waals surface area contributed by atoms with Crippen LogP contribution in [-0.2, 0) is 13.0 Å². The molecule has 0 radical (unpaired) electrons. The topological polar surface area (TPSA) is 43.3 Å². The maximum absolute atomic E-state index is 5.68. The molecule has 0 aliphatic carbocycles. The molecular formula is C20H19N3S. The fraction of sp³-hybridized carbons (Fsp3) is 0.150. The first kappa shape index (κ1) is 15.1. The van der Waals surface area contributed by atoms with Crippen molar-refractivity contribution in [1.82, 2.24) is 9.38 Å². The highest BCUT2D eigenvalue weighted by atomic mass is 32.1. The molecule has 120 valence electrons. The summed E-state index contributed by atoms with van der Waals surface area (Å²) in [4.78, 5) is 5.80. The highest BCUT2D eigenvalue weighted by Gasteiger charge is 2.11. The van der Waals surface area contributed by atoms with Crippen LogP contribution in [-0.4, -0.2) is 9.38 Å². The Morgan fingerprint density at radius 1 is 0.958 bits per heavy atom. The molecule has 4 heteroatoms. The Labute approximate surface area is 145 Å². The minimum Gasteiger partial charge on any atom is -0.326 e. The summed E-state index contributed by atoms with van der Waals surface area (Å²) < 4.78 is 2.17. The third-order valence-electron chi connectivity index (χ3n) is 4.35. The lowest BCUT2D eigenvalue weighted by Gasteiger charge is -2.02. The van der Waals surface area contributed by atoms with E-state index in [1.165, 1.54) is 16.8 Å². The smallest absolute Gasteiger partial charge is 0.194 e. The second kappa shape index (κ2) is 6.23. The molecule has 3 nitrogen and oxygen atoms in total. The van der Waals surface area contributed by atoms with Gasteiger partial charge < -0.3 is 5.73 Å². The molecule has 2 aromatic carbocycles.